The fourth-order valence-electron chi connectivity index (χ4n) is 4.02. The summed E-state index contributed by atoms with van der Waals surface area (Å²) in [5, 5.41) is 13.7. The Hall–Kier alpha value is -2.57. The van der Waals surface area contributed by atoms with Crippen molar-refractivity contribution in [2.45, 2.75) is 44.9 Å². The lowest BCUT2D eigenvalue weighted by atomic mass is 9.96. The average Bonchev–Trinajstić information content (AvgIpc) is 3.26. The molecule has 7 nitrogen and oxygen atoms in total. The molecule has 0 saturated carbocycles. The summed E-state index contributed by atoms with van der Waals surface area (Å²) in [5.41, 5.74) is 4.42. The molecule has 0 atom stereocenters. The smallest absolute Gasteiger partial charge is 0.178 e. The highest BCUT2D eigenvalue weighted by molar-refractivity contribution is 5.43. The van der Waals surface area contributed by atoms with Crippen LogP contribution in [0.5, 0.6) is 0 Å². The first kappa shape index (κ1) is 14.7. The summed E-state index contributed by atoms with van der Waals surface area (Å²) in [6.07, 6.45) is 9.12. The Labute approximate surface area is 146 Å². The van der Waals surface area contributed by atoms with Crippen molar-refractivity contribution in [1.29, 1.82) is 0 Å². The second-order valence-electron chi connectivity index (χ2n) is 7.08. The quantitative estimate of drug-likeness (QED) is 0.714. The zero-order chi connectivity index (χ0) is 16.8. The van der Waals surface area contributed by atoms with Crippen LogP contribution in [0.2, 0.25) is 0 Å². The first-order valence-corrected chi connectivity index (χ1v) is 9.05. The molecule has 1 saturated heterocycles. The van der Waals surface area contributed by atoms with Crippen LogP contribution in [0.25, 0.3) is 5.65 Å². The molecular weight excluding hydrogens is 314 g/mol. The molecule has 0 bridgehead atoms. The fraction of sp³-hybridized carbons (Fsp3) is 0.500. The van der Waals surface area contributed by atoms with E-state index in [1.165, 1.54) is 17.7 Å². The van der Waals surface area contributed by atoms with E-state index in [1.807, 2.05) is 17.6 Å². The van der Waals surface area contributed by atoms with Gasteiger partial charge in [-0.25, -0.2) is 4.98 Å². The van der Waals surface area contributed by atoms with Gasteiger partial charge in [0.05, 0.1) is 17.6 Å². The van der Waals surface area contributed by atoms with Crippen LogP contribution in [-0.4, -0.2) is 42.9 Å². The third kappa shape index (κ3) is 2.54. The van der Waals surface area contributed by atoms with Crippen LogP contribution in [0.3, 0.4) is 0 Å². The van der Waals surface area contributed by atoms with Crippen molar-refractivity contribution < 1.29 is 0 Å². The van der Waals surface area contributed by atoms with Gasteiger partial charge >= 0.3 is 0 Å². The summed E-state index contributed by atoms with van der Waals surface area (Å²) in [5.74, 6) is 2.39. The molecule has 0 radical (unpaired) electrons. The number of aromatic nitrogens is 6. The van der Waals surface area contributed by atoms with Crippen molar-refractivity contribution in [3.8, 4) is 0 Å². The molecule has 0 amide bonds. The third-order valence-electron chi connectivity index (χ3n) is 5.37. The topological polar surface area (TPSA) is 72.1 Å². The van der Waals surface area contributed by atoms with E-state index in [2.05, 4.69) is 31.1 Å². The Morgan fingerprint density at radius 1 is 1.08 bits per heavy atom. The summed E-state index contributed by atoms with van der Waals surface area (Å²) in [4.78, 5) is 11.2. The maximum absolute atomic E-state index is 4.84. The van der Waals surface area contributed by atoms with E-state index in [4.69, 9.17) is 5.10 Å². The molecule has 2 aliphatic rings. The fourth-order valence-corrected chi connectivity index (χ4v) is 4.02. The van der Waals surface area contributed by atoms with Crippen molar-refractivity contribution >= 4 is 11.5 Å². The van der Waals surface area contributed by atoms with E-state index in [1.54, 1.807) is 6.20 Å². The number of fused-ring (bicyclic) bond motifs is 2. The lowest BCUT2D eigenvalue weighted by molar-refractivity contribution is 0.474. The summed E-state index contributed by atoms with van der Waals surface area (Å²) in [7, 11) is 0. The largest absolute Gasteiger partial charge is 0.355 e. The highest BCUT2D eigenvalue weighted by atomic mass is 15.4. The summed E-state index contributed by atoms with van der Waals surface area (Å²) < 4.78 is 1.98. The summed E-state index contributed by atoms with van der Waals surface area (Å²) in [6, 6.07) is 2.17. The standard InChI is InChI=1S/C18H21N7/c1-12-10-19-11-17(20-12)24-7-5-13(6-8-24)18-22-21-16-9-14-3-2-4-15(14)23-25(16)18/h9-11,13H,2-8H2,1H3. The van der Waals surface area contributed by atoms with Gasteiger partial charge in [-0.3, -0.25) is 4.98 Å². The predicted molar refractivity (Wildman–Crippen MR) is 93.8 cm³/mol. The van der Waals surface area contributed by atoms with E-state index in [-0.39, 0.29) is 0 Å². The molecule has 1 aliphatic carbocycles. The minimum atomic E-state index is 0.399. The third-order valence-corrected chi connectivity index (χ3v) is 5.37. The average molecular weight is 335 g/mol. The van der Waals surface area contributed by atoms with Gasteiger partial charge < -0.3 is 4.90 Å². The highest BCUT2D eigenvalue weighted by Crippen LogP contribution is 2.29. The van der Waals surface area contributed by atoms with Crippen LogP contribution in [0.1, 0.15) is 48.0 Å². The predicted octanol–water partition coefficient (Wildman–Crippen LogP) is 2.10. The number of hydrogen-bond donors (Lipinski definition) is 0. The molecule has 0 aromatic carbocycles. The van der Waals surface area contributed by atoms with E-state index in [0.717, 1.165) is 61.8 Å². The van der Waals surface area contributed by atoms with Gasteiger partial charge in [0.2, 0.25) is 0 Å². The monoisotopic (exact) mass is 335 g/mol. The number of aryl methyl sites for hydroxylation is 3. The van der Waals surface area contributed by atoms with Crippen LogP contribution >= 0.6 is 0 Å². The second kappa shape index (κ2) is 5.75. The summed E-state index contributed by atoms with van der Waals surface area (Å²) in [6.45, 7) is 3.90. The maximum Gasteiger partial charge on any atom is 0.178 e. The molecule has 3 aromatic rings. The Kier molecular flexibility index (Phi) is 3.39. The van der Waals surface area contributed by atoms with Crippen molar-refractivity contribution in [1.82, 2.24) is 29.8 Å². The van der Waals surface area contributed by atoms with E-state index in [9.17, 15) is 0 Å². The molecule has 5 rings (SSSR count). The van der Waals surface area contributed by atoms with Gasteiger partial charge in [-0.2, -0.15) is 9.61 Å². The molecular formula is C18H21N7. The Morgan fingerprint density at radius 3 is 2.80 bits per heavy atom. The van der Waals surface area contributed by atoms with Crippen LogP contribution in [-0.2, 0) is 12.8 Å². The zero-order valence-corrected chi connectivity index (χ0v) is 14.4. The molecule has 1 aliphatic heterocycles. The van der Waals surface area contributed by atoms with Gasteiger partial charge in [0.15, 0.2) is 11.5 Å². The molecule has 7 heteroatoms. The van der Waals surface area contributed by atoms with Crippen molar-refractivity contribution in [2.24, 2.45) is 0 Å². The molecule has 25 heavy (non-hydrogen) atoms. The van der Waals surface area contributed by atoms with E-state index < -0.39 is 0 Å². The summed E-state index contributed by atoms with van der Waals surface area (Å²) >= 11 is 0. The number of rotatable bonds is 2. The maximum atomic E-state index is 4.84. The van der Waals surface area contributed by atoms with Gasteiger partial charge in [0.1, 0.15) is 5.82 Å². The number of piperidine rings is 1. The van der Waals surface area contributed by atoms with Gasteiger partial charge in [-0.05, 0) is 50.7 Å². The SMILES string of the molecule is Cc1cncc(N2CCC(c3nnc4cc5c(nn34)CCC5)CC2)n1. The minimum Gasteiger partial charge on any atom is -0.355 e. The Balaban J connectivity index is 1.38. The normalized spacial score (nSPS) is 18.0. The number of hydrogen-bond acceptors (Lipinski definition) is 6. The van der Waals surface area contributed by atoms with Crippen LogP contribution in [0.15, 0.2) is 18.5 Å². The van der Waals surface area contributed by atoms with Gasteiger partial charge in [0.25, 0.3) is 0 Å². The van der Waals surface area contributed by atoms with Crippen molar-refractivity contribution in [3.05, 3.63) is 41.2 Å². The molecule has 0 spiro atoms. The zero-order valence-electron chi connectivity index (χ0n) is 14.4. The van der Waals surface area contributed by atoms with Crippen LogP contribution < -0.4 is 4.90 Å². The van der Waals surface area contributed by atoms with Crippen molar-refractivity contribution in [2.75, 3.05) is 18.0 Å². The molecule has 1 fully saturated rings. The molecule has 0 N–H and O–H groups in total. The Bertz CT molecular complexity index is 924. The van der Waals surface area contributed by atoms with E-state index >= 15 is 0 Å². The van der Waals surface area contributed by atoms with E-state index in [0.29, 0.717) is 5.92 Å². The first-order chi connectivity index (χ1) is 12.3. The lowest BCUT2D eigenvalue weighted by Crippen LogP contribution is -2.34. The number of nitrogens with zero attached hydrogens (tertiary/aromatic N) is 7. The minimum absolute atomic E-state index is 0.399. The molecule has 0 unspecified atom stereocenters. The van der Waals surface area contributed by atoms with Gasteiger partial charge in [0, 0.05) is 25.2 Å². The van der Waals surface area contributed by atoms with Crippen LogP contribution in [0, 0.1) is 6.92 Å². The molecule has 3 aromatic heterocycles. The highest BCUT2D eigenvalue weighted by Gasteiger charge is 2.26. The van der Waals surface area contributed by atoms with Crippen LogP contribution in [0.4, 0.5) is 5.82 Å². The lowest BCUT2D eigenvalue weighted by Gasteiger charge is -2.31. The second-order valence-corrected chi connectivity index (χ2v) is 7.08. The van der Waals surface area contributed by atoms with Gasteiger partial charge in [-0.15, -0.1) is 10.2 Å². The molecule has 4 heterocycles. The molecule has 128 valence electrons. The van der Waals surface area contributed by atoms with Crippen molar-refractivity contribution in [3.63, 3.8) is 0 Å². The van der Waals surface area contributed by atoms with Gasteiger partial charge in [-0.1, -0.05) is 0 Å². The first-order valence-electron chi connectivity index (χ1n) is 9.05. The number of anilines is 1. The Morgan fingerprint density at radius 2 is 1.96 bits per heavy atom.